The van der Waals surface area contributed by atoms with Gasteiger partial charge in [-0.25, -0.2) is 14.4 Å². The lowest BCUT2D eigenvalue weighted by Gasteiger charge is -2.30. The maximum atomic E-state index is 15.1. The number of nitrogens with zero attached hydrogens (tertiary/aromatic N) is 2. The molecule has 2 heterocycles. The summed E-state index contributed by atoms with van der Waals surface area (Å²) in [6.45, 7) is 5.95. The topological polar surface area (TPSA) is 93.6 Å². The predicted molar refractivity (Wildman–Crippen MR) is 165 cm³/mol. The third kappa shape index (κ3) is 5.82. The van der Waals surface area contributed by atoms with E-state index >= 15 is 4.39 Å². The van der Waals surface area contributed by atoms with Crippen LogP contribution in [-0.2, 0) is 12.0 Å². The summed E-state index contributed by atoms with van der Waals surface area (Å²) in [4.78, 5) is 22.8. The van der Waals surface area contributed by atoms with Crippen molar-refractivity contribution in [2.24, 2.45) is 5.92 Å². The van der Waals surface area contributed by atoms with Crippen LogP contribution < -0.4 is 14.8 Å². The number of aliphatic hydroxyl groups is 1. The molecule has 1 aliphatic rings. The molecule has 10 heteroatoms. The average Bonchev–Trinajstić information content (AvgIpc) is 3.83. The summed E-state index contributed by atoms with van der Waals surface area (Å²) in [5, 5.41) is 16.1. The molecule has 0 bridgehead atoms. The van der Waals surface area contributed by atoms with E-state index in [0.29, 0.717) is 46.3 Å². The number of aromatic nitrogens is 2. The summed E-state index contributed by atoms with van der Waals surface area (Å²) in [6, 6.07) is 11.3. The third-order valence-electron chi connectivity index (χ3n) is 7.61. The summed E-state index contributed by atoms with van der Waals surface area (Å²) >= 11 is 9.73. The molecular weight excluding hydrogens is 625 g/mol. The van der Waals surface area contributed by atoms with Crippen LogP contribution in [0.25, 0.3) is 22.2 Å². The largest absolute Gasteiger partial charge is 0.494 e. The van der Waals surface area contributed by atoms with Gasteiger partial charge in [0.05, 0.1) is 31.6 Å². The van der Waals surface area contributed by atoms with Crippen LogP contribution in [0.15, 0.2) is 46.9 Å². The van der Waals surface area contributed by atoms with Crippen LogP contribution in [0.3, 0.4) is 0 Å². The van der Waals surface area contributed by atoms with Crippen LogP contribution in [0.5, 0.6) is 11.5 Å². The Morgan fingerprint density at radius 2 is 1.95 bits per heavy atom. The van der Waals surface area contributed by atoms with Gasteiger partial charge in [-0.2, -0.15) is 0 Å². The van der Waals surface area contributed by atoms with Gasteiger partial charge in [0.1, 0.15) is 34.1 Å². The van der Waals surface area contributed by atoms with Gasteiger partial charge in [0.2, 0.25) is 0 Å². The standard InChI is InChI=1S/C32H32BrClFN3O4/c1-5-18-14-27(38-29(30(18)42-6-2)23-15-22(34)9-10-25(23)35)32(40,21-7-8-21)16-36-31(39)20-11-19-12-24(33)17(3)37-28(19)26(13-20)41-4/h9-15,21,40H,5-8,16H2,1-4H3,(H,36,39)/t32-/m1/s1. The minimum atomic E-state index is -1.49. The van der Waals surface area contributed by atoms with Crippen molar-refractivity contribution in [3.63, 3.8) is 0 Å². The molecule has 1 atom stereocenters. The molecule has 2 aromatic heterocycles. The fraction of sp³-hybridized carbons (Fsp3) is 0.344. The first kappa shape index (κ1) is 30.2. The number of rotatable bonds is 10. The predicted octanol–water partition coefficient (Wildman–Crippen LogP) is 7.16. The zero-order valence-electron chi connectivity index (χ0n) is 23.9. The molecule has 0 saturated heterocycles. The van der Waals surface area contributed by atoms with E-state index in [1.54, 1.807) is 18.2 Å². The molecule has 7 nitrogen and oxygen atoms in total. The van der Waals surface area contributed by atoms with E-state index in [1.165, 1.54) is 25.3 Å². The summed E-state index contributed by atoms with van der Waals surface area (Å²) in [5.41, 5.74) is 1.90. The van der Waals surface area contributed by atoms with Gasteiger partial charge in [-0.3, -0.25) is 4.79 Å². The van der Waals surface area contributed by atoms with Crippen molar-refractivity contribution in [3.05, 3.63) is 80.3 Å². The zero-order chi connectivity index (χ0) is 30.2. The Kier molecular flexibility index (Phi) is 8.73. The summed E-state index contributed by atoms with van der Waals surface area (Å²) < 4.78 is 27.4. The second kappa shape index (κ2) is 12.1. The van der Waals surface area contributed by atoms with Gasteiger partial charge < -0.3 is 19.9 Å². The van der Waals surface area contributed by atoms with Crippen LogP contribution in [-0.4, -0.2) is 41.2 Å². The van der Waals surface area contributed by atoms with Gasteiger partial charge in [0.25, 0.3) is 5.91 Å². The molecule has 2 N–H and O–H groups in total. The maximum absolute atomic E-state index is 15.1. The number of hydrogen-bond acceptors (Lipinski definition) is 6. The van der Waals surface area contributed by atoms with Crippen molar-refractivity contribution in [2.75, 3.05) is 20.3 Å². The van der Waals surface area contributed by atoms with Crippen LogP contribution in [0.2, 0.25) is 5.02 Å². The number of ether oxygens (including phenoxy) is 2. The van der Waals surface area contributed by atoms with Gasteiger partial charge >= 0.3 is 0 Å². The Morgan fingerprint density at radius 1 is 1.19 bits per heavy atom. The van der Waals surface area contributed by atoms with E-state index < -0.39 is 11.4 Å². The Bertz CT molecular complexity index is 1680. The number of methoxy groups -OCH3 is 1. The van der Waals surface area contributed by atoms with Gasteiger partial charge in [-0.1, -0.05) is 18.5 Å². The van der Waals surface area contributed by atoms with Crippen molar-refractivity contribution in [1.29, 1.82) is 0 Å². The van der Waals surface area contributed by atoms with Gasteiger partial charge in [0, 0.05) is 26.0 Å². The smallest absolute Gasteiger partial charge is 0.251 e. The minimum Gasteiger partial charge on any atom is -0.494 e. The summed E-state index contributed by atoms with van der Waals surface area (Å²) in [7, 11) is 1.53. The monoisotopic (exact) mass is 655 g/mol. The van der Waals surface area contributed by atoms with E-state index in [0.717, 1.165) is 34.0 Å². The quantitative estimate of drug-likeness (QED) is 0.188. The Labute approximate surface area is 257 Å². The van der Waals surface area contributed by atoms with Gasteiger partial charge in [0.15, 0.2) is 0 Å². The molecule has 1 amide bonds. The second-order valence-electron chi connectivity index (χ2n) is 10.4. The number of carbonyl (C=O) groups excluding carboxylic acids is 1. The molecule has 0 radical (unpaired) electrons. The van der Waals surface area contributed by atoms with E-state index in [-0.39, 0.29) is 29.6 Å². The second-order valence-corrected chi connectivity index (χ2v) is 11.7. The molecule has 0 aliphatic heterocycles. The number of halogens is 3. The minimum absolute atomic E-state index is 0.0890. The molecule has 0 unspecified atom stereocenters. The number of fused-ring (bicyclic) bond motifs is 1. The summed E-state index contributed by atoms with van der Waals surface area (Å²) in [5.74, 6) is -0.0880. The lowest BCUT2D eigenvalue weighted by Crippen LogP contribution is -2.43. The van der Waals surface area contributed by atoms with Crippen molar-refractivity contribution < 1.29 is 23.8 Å². The average molecular weight is 657 g/mol. The normalized spacial score (nSPS) is 14.5. The molecule has 5 rings (SSSR count). The first-order chi connectivity index (χ1) is 20.1. The molecule has 2 aromatic carbocycles. The Balaban J connectivity index is 1.53. The fourth-order valence-electron chi connectivity index (χ4n) is 5.17. The number of hydrogen-bond donors (Lipinski definition) is 2. The van der Waals surface area contributed by atoms with E-state index in [2.05, 4.69) is 26.2 Å². The highest BCUT2D eigenvalue weighted by atomic mass is 79.9. The van der Waals surface area contributed by atoms with Crippen LogP contribution in [0.1, 0.15) is 54.0 Å². The van der Waals surface area contributed by atoms with Gasteiger partial charge in [-0.05, 0) is 103 Å². The highest BCUT2D eigenvalue weighted by Gasteiger charge is 2.47. The van der Waals surface area contributed by atoms with Crippen molar-refractivity contribution >= 4 is 44.3 Å². The van der Waals surface area contributed by atoms with E-state index in [9.17, 15) is 9.90 Å². The number of benzene rings is 2. The molecule has 4 aromatic rings. The number of carbonyl (C=O) groups is 1. The van der Waals surface area contributed by atoms with Crippen LogP contribution in [0.4, 0.5) is 4.39 Å². The number of nitrogens with one attached hydrogen (secondary N) is 1. The highest BCUT2D eigenvalue weighted by molar-refractivity contribution is 9.10. The lowest BCUT2D eigenvalue weighted by molar-refractivity contribution is 0.00944. The molecule has 1 fully saturated rings. The summed E-state index contributed by atoms with van der Waals surface area (Å²) in [6.07, 6.45) is 2.10. The Morgan fingerprint density at radius 3 is 2.62 bits per heavy atom. The van der Waals surface area contributed by atoms with Crippen LogP contribution >= 0.6 is 27.5 Å². The fourth-order valence-corrected chi connectivity index (χ4v) is 5.67. The number of aryl methyl sites for hydroxylation is 2. The Hall–Kier alpha value is -3.27. The molecule has 220 valence electrons. The molecule has 1 saturated carbocycles. The number of pyridine rings is 2. The van der Waals surface area contributed by atoms with Crippen molar-refractivity contribution in [1.82, 2.24) is 15.3 Å². The zero-order valence-corrected chi connectivity index (χ0v) is 26.2. The highest BCUT2D eigenvalue weighted by Crippen LogP contribution is 2.47. The van der Waals surface area contributed by atoms with Crippen molar-refractivity contribution in [2.45, 2.75) is 45.6 Å². The van der Waals surface area contributed by atoms with Crippen LogP contribution in [0, 0.1) is 18.7 Å². The van der Waals surface area contributed by atoms with Crippen molar-refractivity contribution in [3.8, 4) is 22.8 Å². The van der Waals surface area contributed by atoms with E-state index in [4.69, 9.17) is 26.1 Å². The maximum Gasteiger partial charge on any atom is 0.251 e. The van der Waals surface area contributed by atoms with Gasteiger partial charge in [-0.15, -0.1) is 0 Å². The molecule has 0 spiro atoms. The van der Waals surface area contributed by atoms with E-state index in [1.807, 2.05) is 26.8 Å². The first-order valence-electron chi connectivity index (χ1n) is 13.9. The third-order valence-corrected chi connectivity index (χ3v) is 8.65. The number of amides is 1. The molecule has 42 heavy (non-hydrogen) atoms. The molecule has 1 aliphatic carbocycles. The SMILES string of the molecule is CCOc1c(CC)cc([C@@](O)(CNC(=O)c2cc(OC)c3nc(C)c(Br)cc3c2)C2CC2)nc1-c1cc(Cl)ccc1F. The first-order valence-corrected chi connectivity index (χ1v) is 15.0. The lowest BCUT2D eigenvalue weighted by atomic mass is 9.90. The molecular formula is C32H32BrClFN3O4.